The van der Waals surface area contributed by atoms with Gasteiger partial charge in [0.05, 0.1) is 29.3 Å². The SMILES string of the molecule is O=C(CC1CCCC1)Nc1ccc(-n2cc(Cl)cn2)nc1. The van der Waals surface area contributed by atoms with E-state index in [1.165, 1.54) is 25.7 Å². The molecule has 0 aliphatic heterocycles. The lowest BCUT2D eigenvalue weighted by atomic mass is 10.0. The zero-order valence-electron chi connectivity index (χ0n) is 11.6. The van der Waals surface area contributed by atoms with Crippen LogP contribution in [0.5, 0.6) is 0 Å². The lowest BCUT2D eigenvalue weighted by Gasteiger charge is -2.09. The highest BCUT2D eigenvalue weighted by molar-refractivity contribution is 6.30. The van der Waals surface area contributed by atoms with Crippen molar-refractivity contribution in [2.45, 2.75) is 32.1 Å². The number of hydrogen-bond acceptors (Lipinski definition) is 3. The highest BCUT2D eigenvalue weighted by Crippen LogP contribution is 2.27. The smallest absolute Gasteiger partial charge is 0.224 e. The molecule has 1 aliphatic carbocycles. The van der Waals surface area contributed by atoms with E-state index in [1.807, 2.05) is 6.07 Å². The third-order valence-corrected chi connectivity index (χ3v) is 3.96. The molecule has 0 atom stereocenters. The summed E-state index contributed by atoms with van der Waals surface area (Å²) in [4.78, 5) is 16.2. The molecule has 0 saturated heterocycles. The summed E-state index contributed by atoms with van der Waals surface area (Å²) in [5, 5.41) is 7.54. The molecule has 0 unspecified atom stereocenters. The van der Waals surface area contributed by atoms with Crippen LogP contribution in [0.4, 0.5) is 5.69 Å². The third-order valence-electron chi connectivity index (χ3n) is 3.77. The molecule has 6 heteroatoms. The number of pyridine rings is 1. The molecule has 0 bridgehead atoms. The first-order chi connectivity index (χ1) is 10.2. The van der Waals surface area contributed by atoms with Gasteiger partial charge >= 0.3 is 0 Å². The highest BCUT2D eigenvalue weighted by Gasteiger charge is 2.18. The van der Waals surface area contributed by atoms with Gasteiger partial charge in [-0.1, -0.05) is 24.4 Å². The van der Waals surface area contributed by atoms with Crippen molar-refractivity contribution in [1.82, 2.24) is 14.8 Å². The second kappa shape index (κ2) is 6.26. The number of nitrogens with one attached hydrogen (secondary N) is 1. The summed E-state index contributed by atoms with van der Waals surface area (Å²) in [5.74, 6) is 1.28. The molecule has 1 fully saturated rings. The quantitative estimate of drug-likeness (QED) is 0.941. The van der Waals surface area contributed by atoms with Gasteiger partial charge in [0.25, 0.3) is 0 Å². The van der Waals surface area contributed by atoms with Crippen LogP contribution >= 0.6 is 11.6 Å². The van der Waals surface area contributed by atoms with E-state index in [0.717, 1.165) is 0 Å². The number of carbonyl (C=O) groups is 1. The minimum Gasteiger partial charge on any atom is -0.325 e. The Balaban J connectivity index is 1.60. The number of aromatic nitrogens is 3. The van der Waals surface area contributed by atoms with Crippen LogP contribution in [-0.2, 0) is 4.79 Å². The van der Waals surface area contributed by atoms with Gasteiger partial charge in [0, 0.05) is 6.42 Å². The molecular weight excluding hydrogens is 288 g/mol. The molecule has 1 N–H and O–H groups in total. The van der Waals surface area contributed by atoms with Crippen LogP contribution in [0.15, 0.2) is 30.7 Å². The van der Waals surface area contributed by atoms with Gasteiger partial charge in [0.1, 0.15) is 0 Å². The van der Waals surface area contributed by atoms with Crippen molar-refractivity contribution in [3.05, 3.63) is 35.7 Å². The third kappa shape index (κ3) is 3.61. The molecular formula is C15H17ClN4O. The van der Waals surface area contributed by atoms with E-state index < -0.39 is 0 Å². The predicted octanol–water partition coefficient (Wildman–Crippen LogP) is 3.44. The molecule has 0 aromatic carbocycles. The fourth-order valence-electron chi connectivity index (χ4n) is 2.71. The Hall–Kier alpha value is -1.88. The monoisotopic (exact) mass is 304 g/mol. The number of nitrogens with zero attached hydrogens (tertiary/aromatic N) is 3. The first kappa shape index (κ1) is 14.1. The molecule has 2 aromatic rings. The van der Waals surface area contributed by atoms with Crippen LogP contribution in [0.3, 0.4) is 0 Å². The van der Waals surface area contributed by atoms with Crippen molar-refractivity contribution < 1.29 is 4.79 Å². The van der Waals surface area contributed by atoms with Gasteiger partial charge in [-0.2, -0.15) is 5.10 Å². The summed E-state index contributed by atoms with van der Waals surface area (Å²) in [6, 6.07) is 3.62. The summed E-state index contributed by atoms with van der Waals surface area (Å²) in [6.07, 6.45) is 10.3. The number of halogens is 1. The maximum atomic E-state index is 12.0. The first-order valence-electron chi connectivity index (χ1n) is 7.17. The fourth-order valence-corrected chi connectivity index (χ4v) is 2.85. The van der Waals surface area contributed by atoms with Gasteiger partial charge in [-0.15, -0.1) is 0 Å². The Bertz CT molecular complexity index is 617. The summed E-state index contributed by atoms with van der Waals surface area (Å²) in [7, 11) is 0. The van der Waals surface area contributed by atoms with Crippen molar-refractivity contribution >= 4 is 23.2 Å². The minimum absolute atomic E-state index is 0.0681. The summed E-state index contributed by atoms with van der Waals surface area (Å²) in [5.41, 5.74) is 0.708. The Morgan fingerprint density at radius 1 is 1.33 bits per heavy atom. The summed E-state index contributed by atoms with van der Waals surface area (Å²) < 4.78 is 1.59. The number of amides is 1. The molecule has 0 radical (unpaired) electrons. The van der Waals surface area contributed by atoms with Crippen LogP contribution < -0.4 is 5.32 Å². The lowest BCUT2D eigenvalue weighted by Crippen LogP contribution is -2.15. The summed E-state index contributed by atoms with van der Waals surface area (Å²) in [6.45, 7) is 0. The molecule has 110 valence electrons. The Labute approximate surface area is 128 Å². The molecule has 1 aliphatic rings. The van der Waals surface area contributed by atoms with E-state index in [0.29, 0.717) is 28.9 Å². The number of carbonyl (C=O) groups excluding carboxylic acids is 1. The second-order valence-electron chi connectivity index (χ2n) is 5.41. The van der Waals surface area contributed by atoms with Crippen molar-refractivity contribution in [2.24, 2.45) is 5.92 Å². The lowest BCUT2D eigenvalue weighted by molar-refractivity contribution is -0.117. The van der Waals surface area contributed by atoms with E-state index >= 15 is 0 Å². The predicted molar refractivity (Wildman–Crippen MR) is 81.6 cm³/mol. The maximum Gasteiger partial charge on any atom is 0.224 e. The molecule has 3 rings (SSSR count). The average Bonchev–Trinajstić information content (AvgIpc) is 3.11. The van der Waals surface area contributed by atoms with Crippen molar-refractivity contribution in [3.63, 3.8) is 0 Å². The molecule has 0 spiro atoms. The molecule has 5 nitrogen and oxygen atoms in total. The van der Waals surface area contributed by atoms with Crippen LogP contribution in [0.1, 0.15) is 32.1 Å². The molecule has 1 amide bonds. The first-order valence-corrected chi connectivity index (χ1v) is 7.55. The van der Waals surface area contributed by atoms with Gasteiger partial charge in [-0.3, -0.25) is 4.79 Å². The normalized spacial score (nSPS) is 15.3. The van der Waals surface area contributed by atoms with E-state index in [4.69, 9.17) is 11.6 Å². The topological polar surface area (TPSA) is 59.8 Å². The zero-order chi connectivity index (χ0) is 14.7. The maximum absolute atomic E-state index is 12.0. The van der Waals surface area contributed by atoms with Crippen LogP contribution in [0, 0.1) is 5.92 Å². The molecule has 1 saturated carbocycles. The van der Waals surface area contributed by atoms with Gasteiger partial charge in [0.15, 0.2) is 5.82 Å². The van der Waals surface area contributed by atoms with Gasteiger partial charge in [0.2, 0.25) is 5.91 Å². The Morgan fingerprint density at radius 3 is 2.76 bits per heavy atom. The van der Waals surface area contributed by atoms with Crippen LogP contribution in [-0.4, -0.2) is 20.7 Å². The molecule has 2 aromatic heterocycles. The standard InChI is InChI=1S/C15H17ClN4O/c16-12-8-18-20(10-12)14-6-5-13(9-17-14)19-15(21)7-11-3-1-2-4-11/h5-6,8-11H,1-4,7H2,(H,19,21). The second-order valence-corrected chi connectivity index (χ2v) is 5.85. The Kier molecular flexibility index (Phi) is 4.20. The Morgan fingerprint density at radius 2 is 2.14 bits per heavy atom. The van der Waals surface area contributed by atoms with E-state index in [2.05, 4.69) is 15.4 Å². The number of anilines is 1. The highest BCUT2D eigenvalue weighted by atomic mass is 35.5. The molecule has 2 heterocycles. The van der Waals surface area contributed by atoms with Gasteiger partial charge in [-0.05, 0) is 30.9 Å². The van der Waals surface area contributed by atoms with E-state index in [1.54, 1.807) is 29.3 Å². The molecule has 21 heavy (non-hydrogen) atoms. The zero-order valence-corrected chi connectivity index (χ0v) is 12.4. The van der Waals surface area contributed by atoms with E-state index in [9.17, 15) is 4.79 Å². The van der Waals surface area contributed by atoms with Gasteiger partial charge in [-0.25, -0.2) is 9.67 Å². The van der Waals surface area contributed by atoms with Crippen LogP contribution in [0.2, 0.25) is 5.02 Å². The number of rotatable bonds is 4. The number of hydrogen-bond donors (Lipinski definition) is 1. The van der Waals surface area contributed by atoms with Gasteiger partial charge < -0.3 is 5.32 Å². The minimum atomic E-state index is 0.0681. The van der Waals surface area contributed by atoms with Crippen molar-refractivity contribution in [1.29, 1.82) is 0 Å². The fraction of sp³-hybridized carbons (Fsp3) is 0.400. The average molecular weight is 305 g/mol. The van der Waals surface area contributed by atoms with E-state index in [-0.39, 0.29) is 5.91 Å². The largest absolute Gasteiger partial charge is 0.325 e. The van der Waals surface area contributed by atoms with Crippen LogP contribution in [0.25, 0.3) is 5.82 Å². The van der Waals surface area contributed by atoms with Crippen molar-refractivity contribution in [3.8, 4) is 5.82 Å². The van der Waals surface area contributed by atoms with Crippen molar-refractivity contribution in [2.75, 3.05) is 5.32 Å². The summed E-state index contributed by atoms with van der Waals surface area (Å²) >= 11 is 5.82.